The Bertz CT molecular complexity index is 1370. The molecule has 2 aromatic carbocycles. The summed E-state index contributed by atoms with van der Waals surface area (Å²) < 4.78 is 0. The third kappa shape index (κ3) is 10.7. The second-order valence-electron chi connectivity index (χ2n) is 10.4. The van der Waals surface area contributed by atoms with Gasteiger partial charge in [0, 0.05) is 24.7 Å². The number of aromatic amines is 1. The molecular formula is C30H39N7O7. The number of amides is 3. The Morgan fingerprint density at radius 3 is 1.84 bits per heavy atom. The lowest BCUT2D eigenvalue weighted by Crippen LogP contribution is -2.58. The first-order valence-corrected chi connectivity index (χ1v) is 14.2. The first-order chi connectivity index (χ1) is 21.0. The van der Waals surface area contributed by atoms with Gasteiger partial charge in [-0.2, -0.15) is 0 Å². The van der Waals surface area contributed by atoms with Crippen molar-refractivity contribution in [2.24, 2.45) is 11.5 Å². The van der Waals surface area contributed by atoms with Crippen molar-refractivity contribution in [1.82, 2.24) is 25.9 Å². The molecule has 1 heterocycles. The molecule has 3 rings (SSSR count). The number of carbonyl (C=O) groups excluding carboxylic acids is 3. The Morgan fingerprint density at radius 1 is 0.750 bits per heavy atom. The number of H-pyrrole nitrogens is 1. The molecule has 3 amide bonds. The Hall–Kier alpha value is -4.95. The van der Waals surface area contributed by atoms with Crippen molar-refractivity contribution >= 4 is 23.7 Å². The summed E-state index contributed by atoms with van der Waals surface area (Å²) in [6.45, 7) is 0.376. The van der Waals surface area contributed by atoms with Crippen molar-refractivity contribution in [3.05, 3.63) is 77.9 Å². The Labute approximate surface area is 254 Å². The summed E-state index contributed by atoms with van der Waals surface area (Å²) in [4.78, 5) is 58.6. The van der Waals surface area contributed by atoms with Crippen molar-refractivity contribution in [2.75, 3.05) is 6.54 Å². The summed E-state index contributed by atoms with van der Waals surface area (Å²) >= 11 is 0. The molecule has 3 aromatic rings. The Kier molecular flexibility index (Phi) is 12.7. The van der Waals surface area contributed by atoms with Crippen LogP contribution in [0, 0.1) is 0 Å². The number of phenolic OH excluding ortho intramolecular Hbond substituents is 2. The number of hydrogen-bond donors (Lipinski definition) is 9. The number of rotatable bonds is 17. The third-order valence-corrected chi connectivity index (χ3v) is 6.91. The third-order valence-electron chi connectivity index (χ3n) is 6.91. The van der Waals surface area contributed by atoms with E-state index in [1.165, 1.54) is 36.8 Å². The predicted molar refractivity (Wildman–Crippen MR) is 160 cm³/mol. The average Bonchev–Trinajstić information content (AvgIpc) is 3.51. The normalized spacial score (nSPS) is 13.7. The first-order valence-electron chi connectivity index (χ1n) is 14.2. The molecule has 14 heteroatoms. The van der Waals surface area contributed by atoms with Crippen molar-refractivity contribution in [3.8, 4) is 11.5 Å². The van der Waals surface area contributed by atoms with Crippen LogP contribution in [-0.4, -0.2) is 79.7 Å². The van der Waals surface area contributed by atoms with Gasteiger partial charge in [0.05, 0.1) is 12.4 Å². The predicted octanol–water partition coefficient (Wildman–Crippen LogP) is -0.156. The zero-order chi connectivity index (χ0) is 32.1. The Morgan fingerprint density at radius 2 is 1.30 bits per heavy atom. The van der Waals surface area contributed by atoms with E-state index >= 15 is 0 Å². The van der Waals surface area contributed by atoms with Crippen LogP contribution < -0.4 is 27.4 Å². The van der Waals surface area contributed by atoms with E-state index in [2.05, 4.69) is 25.9 Å². The van der Waals surface area contributed by atoms with Crippen molar-refractivity contribution in [1.29, 1.82) is 0 Å². The van der Waals surface area contributed by atoms with Gasteiger partial charge in [0.2, 0.25) is 17.7 Å². The lowest BCUT2D eigenvalue weighted by Gasteiger charge is -2.25. The molecule has 4 atom stereocenters. The molecule has 0 aliphatic rings. The van der Waals surface area contributed by atoms with Crippen LogP contribution in [0.1, 0.15) is 36.1 Å². The van der Waals surface area contributed by atoms with E-state index in [9.17, 15) is 34.5 Å². The number of benzene rings is 2. The number of nitrogens with two attached hydrogens (primary N) is 2. The molecule has 0 aliphatic carbocycles. The van der Waals surface area contributed by atoms with Crippen LogP contribution in [0.3, 0.4) is 0 Å². The molecule has 0 aliphatic heterocycles. The van der Waals surface area contributed by atoms with Gasteiger partial charge in [-0.3, -0.25) is 14.4 Å². The van der Waals surface area contributed by atoms with Gasteiger partial charge < -0.3 is 47.7 Å². The number of aliphatic carboxylic acids is 1. The number of phenols is 2. The van der Waals surface area contributed by atoms with Crippen LogP contribution in [0.25, 0.3) is 0 Å². The smallest absolute Gasteiger partial charge is 0.326 e. The van der Waals surface area contributed by atoms with E-state index in [0.29, 0.717) is 36.2 Å². The monoisotopic (exact) mass is 609 g/mol. The second kappa shape index (κ2) is 16.6. The van der Waals surface area contributed by atoms with Gasteiger partial charge in [0.15, 0.2) is 0 Å². The van der Waals surface area contributed by atoms with Gasteiger partial charge in [-0.1, -0.05) is 24.3 Å². The maximum absolute atomic E-state index is 13.6. The number of aromatic nitrogens is 2. The number of carbonyl (C=O) groups is 4. The zero-order valence-corrected chi connectivity index (χ0v) is 24.1. The topological polar surface area (TPSA) is 246 Å². The van der Waals surface area contributed by atoms with Gasteiger partial charge in [-0.15, -0.1) is 0 Å². The standard InChI is InChI=1S/C30H39N7O7/c31-12-2-1-3-24(35-27(40)23(32)13-18-4-8-21(38)9-5-18)28(41)36-25(14-19-6-10-22(39)11-7-19)29(42)37-26(30(43)44)15-20-16-33-17-34-20/h4-11,16-17,23-26,38-39H,1-3,12-15,31-32H2,(H,33,34)(H,35,40)(H,36,41)(H,37,42)(H,43,44). The second-order valence-corrected chi connectivity index (χ2v) is 10.4. The molecule has 1 aromatic heterocycles. The highest BCUT2D eigenvalue weighted by atomic mass is 16.4. The molecular weight excluding hydrogens is 570 g/mol. The number of imidazole rings is 1. The van der Waals surface area contributed by atoms with Gasteiger partial charge in [0.1, 0.15) is 29.6 Å². The number of carboxylic acids is 1. The van der Waals surface area contributed by atoms with E-state index in [-0.39, 0.29) is 37.2 Å². The summed E-state index contributed by atoms with van der Waals surface area (Å²) in [6, 6.07) is 7.62. The number of aromatic hydroxyl groups is 2. The first kappa shape index (κ1) is 33.6. The summed E-state index contributed by atoms with van der Waals surface area (Å²) in [7, 11) is 0. The van der Waals surface area contributed by atoms with Gasteiger partial charge in [-0.25, -0.2) is 9.78 Å². The van der Waals surface area contributed by atoms with E-state index in [1.807, 2.05) is 0 Å². The molecule has 0 radical (unpaired) electrons. The van der Waals surface area contributed by atoms with E-state index < -0.39 is 47.9 Å². The largest absolute Gasteiger partial charge is 0.508 e. The van der Waals surface area contributed by atoms with Gasteiger partial charge in [-0.05, 0) is 67.6 Å². The minimum absolute atomic E-state index is 0.00982. The summed E-state index contributed by atoms with van der Waals surface area (Å²) in [5.74, 6) is -3.20. The van der Waals surface area contributed by atoms with Crippen molar-refractivity contribution in [2.45, 2.75) is 62.7 Å². The van der Waals surface area contributed by atoms with Crippen LogP contribution in [0.2, 0.25) is 0 Å². The number of unbranched alkanes of at least 4 members (excludes halogenated alkanes) is 1. The number of carboxylic acid groups (broad SMARTS) is 1. The summed E-state index contributed by atoms with van der Waals surface area (Å²) in [6.07, 6.45) is 4.19. The summed E-state index contributed by atoms with van der Waals surface area (Å²) in [5, 5.41) is 36.7. The summed E-state index contributed by atoms with van der Waals surface area (Å²) in [5.41, 5.74) is 13.5. The maximum atomic E-state index is 13.6. The molecule has 236 valence electrons. The molecule has 11 N–H and O–H groups in total. The molecule has 0 bridgehead atoms. The van der Waals surface area contributed by atoms with E-state index in [4.69, 9.17) is 11.5 Å². The van der Waals surface area contributed by atoms with Crippen molar-refractivity contribution < 1.29 is 34.5 Å². The highest BCUT2D eigenvalue weighted by Gasteiger charge is 2.31. The zero-order valence-electron chi connectivity index (χ0n) is 24.1. The highest BCUT2D eigenvalue weighted by molar-refractivity contribution is 5.94. The Balaban J connectivity index is 1.77. The van der Waals surface area contributed by atoms with Crippen LogP contribution >= 0.6 is 0 Å². The van der Waals surface area contributed by atoms with Crippen LogP contribution in [0.5, 0.6) is 11.5 Å². The van der Waals surface area contributed by atoms with Crippen LogP contribution in [0.4, 0.5) is 0 Å². The average molecular weight is 610 g/mol. The van der Waals surface area contributed by atoms with E-state index in [1.54, 1.807) is 24.3 Å². The lowest BCUT2D eigenvalue weighted by molar-refractivity contribution is -0.142. The molecule has 0 saturated carbocycles. The fourth-order valence-corrected chi connectivity index (χ4v) is 4.46. The molecule has 44 heavy (non-hydrogen) atoms. The molecule has 4 unspecified atom stereocenters. The fourth-order valence-electron chi connectivity index (χ4n) is 4.46. The SMILES string of the molecule is NCCCCC(NC(=O)C(N)Cc1ccc(O)cc1)C(=O)NC(Cc1ccc(O)cc1)C(=O)NC(Cc1cnc[nH]1)C(=O)O. The molecule has 14 nitrogen and oxygen atoms in total. The van der Waals surface area contributed by atoms with Crippen LogP contribution in [0.15, 0.2) is 61.1 Å². The van der Waals surface area contributed by atoms with Crippen molar-refractivity contribution in [3.63, 3.8) is 0 Å². The minimum Gasteiger partial charge on any atom is -0.508 e. The maximum Gasteiger partial charge on any atom is 0.326 e. The number of hydrogen-bond acceptors (Lipinski definition) is 9. The van der Waals surface area contributed by atoms with Crippen LogP contribution in [-0.2, 0) is 38.4 Å². The van der Waals surface area contributed by atoms with Gasteiger partial charge >= 0.3 is 5.97 Å². The minimum atomic E-state index is -1.32. The molecule has 0 saturated heterocycles. The number of nitrogens with zero attached hydrogens (tertiary/aromatic N) is 1. The number of nitrogens with one attached hydrogen (secondary N) is 4. The fraction of sp³-hybridized carbons (Fsp3) is 0.367. The van der Waals surface area contributed by atoms with E-state index in [0.717, 1.165) is 0 Å². The van der Waals surface area contributed by atoms with Gasteiger partial charge in [0.25, 0.3) is 0 Å². The molecule has 0 spiro atoms. The molecule has 0 fully saturated rings. The quantitative estimate of drug-likeness (QED) is 0.0915. The highest BCUT2D eigenvalue weighted by Crippen LogP contribution is 2.14. The lowest BCUT2D eigenvalue weighted by atomic mass is 10.0.